The fourth-order valence-electron chi connectivity index (χ4n) is 2.67. The van der Waals surface area contributed by atoms with E-state index in [0.29, 0.717) is 16.5 Å². The quantitative estimate of drug-likeness (QED) is 0.400. The van der Waals surface area contributed by atoms with Gasteiger partial charge in [-0.3, -0.25) is 0 Å². The van der Waals surface area contributed by atoms with Crippen LogP contribution in [0.25, 0.3) is 31.5 Å². The average Bonchev–Trinajstić information content (AvgIpc) is 3.07. The van der Waals surface area contributed by atoms with Gasteiger partial charge in [0.15, 0.2) is 0 Å². The molecule has 0 unspecified atom stereocenters. The third-order valence-electron chi connectivity index (χ3n) is 3.88. The van der Waals surface area contributed by atoms with Crippen molar-refractivity contribution < 1.29 is 13.9 Å². The van der Waals surface area contributed by atoms with Crippen molar-refractivity contribution in [1.29, 1.82) is 0 Å². The number of rotatable bonds is 2. The van der Waals surface area contributed by atoms with Gasteiger partial charge >= 0.3 is 11.6 Å². The van der Waals surface area contributed by atoms with Gasteiger partial charge in [0.05, 0.1) is 22.8 Å². The molecule has 0 aliphatic rings. The number of hydrogen-bond acceptors (Lipinski definition) is 5. The number of thiophene rings is 1. The summed E-state index contributed by atoms with van der Waals surface area (Å²) in [5.41, 5.74) is 1.68. The van der Waals surface area contributed by atoms with E-state index in [2.05, 4.69) is 0 Å². The molecule has 0 amide bonds. The second-order valence-electron chi connectivity index (χ2n) is 5.31. The van der Waals surface area contributed by atoms with Crippen LogP contribution in [-0.4, -0.2) is 13.1 Å². The molecule has 4 nitrogen and oxygen atoms in total. The van der Waals surface area contributed by atoms with E-state index in [-0.39, 0.29) is 11.6 Å². The molecule has 0 fully saturated rings. The number of carbonyl (C=O) groups is 1. The molecule has 0 aliphatic heterocycles. The summed E-state index contributed by atoms with van der Waals surface area (Å²) in [6.45, 7) is 0. The van der Waals surface area contributed by atoms with Crippen molar-refractivity contribution in [2.75, 3.05) is 7.11 Å². The van der Waals surface area contributed by atoms with Gasteiger partial charge in [-0.05, 0) is 35.9 Å². The van der Waals surface area contributed by atoms with Crippen molar-refractivity contribution in [3.63, 3.8) is 0 Å². The van der Waals surface area contributed by atoms with Crippen LogP contribution in [0.2, 0.25) is 0 Å². The van der Waals surface area contributed by atoms with Crippen molar-refractivity contribution in [1.82, 2.24) is 0 Å². The topological polar surface area (TPSA) is 56.5 Å². The van der Waals surface area contributed by atoms with Crippen LogP contribution in [-0.2, 0) is 4.74 Å². The first-order valence-corrected chi connectivity index (χ1v) is 8.13. The Kier molecular flexibility index (Phi) is 3.43. The molecule has 0 spiro atoms. The molecule has 24 heavy (non-hydrogen) atoms. The SMILES string of the molecule is COC(=O)c1ccc(-c2cc3c(=O)oc4ccccc4c3s2)cc1. The molecular formula is C19H12O4S. The molecule has 2 aromatic heterocycles. The van der Waals surface area contributed by atoms with Crippen LogP contribution in [0.4, 0.5) is 0 Å². The van der Waals surface area contributed by atoms with E-state index in [9.17, 15) is 9.59 Å². The van der Waals surface area contributed by atoms with E-state index >= 15 is 0 Å². The molecule has 2 aromatic carbocycles. The second-order valence-corrected chi connectivity index (χ2v) is 6.36. The van der Waals surface area contributed by atoms with Crippen molar-refractivity contribution >= 4 is 38.4 Å². The summed E-state index contributed by atoms with van der Waals surface area (Å²) in [6.07, 6.45) is 0. The predicted molar refractivity (Wildman–Crippen MR) is 94.6 cm³/mol. The van der Waals surface area contributed by atoms with Gasteiger partial charge in [0.2, 0.25) is 0 Å². The molecule has 0 N–H and O–H groups in total. The lowest BCUT2D eigenvalue weighted by molar-refractivity contribution is 0.0601. The molecule has 118 valence electrons. The highest BCUT2D eigenvalue weighted by Gasteiger charge is 2.13. The molecule has 0 bridgehead atoms. The Balaban J connectivity index is 1.89. The van der Waals surface area contributed by atoms with Gasteiger partial charge in [-0.25, -0.2) is 9.59 Å². The highest BCUT2D eigenvalue weighted by Crippen LogP contribution is 2.36. The minimum atomic E-state index is -0.371. The molecule has 0 saturated heterocycles. The maximum absolute atomic E-state index is 12.2. The first-order chi connectivity index (χ1) is 11.7. The Morgan fingerprint density at radius 3 is 2.54 bits per heavy atom. The zero-order valence-electron chi connectivity index (χ0n) is 12.7. The van der Waals surface area contributed by atoms with Gasteiger partial charge in [0, 0.05) is 10.3 Å². The van der Waals surface area contributed by atoms with Gasteiger partial charge < -0.3 is 9.15 Å². The smallest absolute Gasteiger partial charge is 0.345 e. The third kappa shape index (κ3) is 2.30. The highest BCUT2D eigenvalue weighted by molar-refractivity contribution is 7.23. The number of esters is 1. The normalized spacial score (nSPS) is 11.0. The van der Waals surface area contributed by atoms with Crippen LogP contribution in [0.1, 0.15) is 10.4 Å². The Labute approximate surface area is 140 Å². The number of methoxy groups -OCH3 is 1. The van der Waals surface area contributed by atoms with Crippen LogP contribution in [0.15, 0.2) is 63.8 Å². The van der Waals surface area contributed by atoms with Gasteiger partial charge in [-0.15, -0.1) is 11.3 Å². The zero-order chi connectivity index (χ0) is 16.7. The molecule has 0 atom stereocenters. The number of benzene rings is 2. The summed E-state index contributed by atoms with van der Waals surface area (Å²) in [7, 11) is 1.35. The summed E-state index contributed by atoms with van der Waals surface area (Å²) in [5, 5.41) is 1.50. The van der Waals surface area contributed by atoms with Gasteiger partial charge in [0.25, 0.3) is 0 Å². The minimum absolute atomic E-state index is 0.336. The average molecular weight is 336 g/mol. The van der Waals surface area contributed by atoms with Gasteiger partial charge in [-0.1, -0.05) is 24.3 Å². The number of carbonyl (C=O) groups excluding carboxylic acids is 1. The molecule has 4 rings (SSSR count). The molecule has 0 radical (unpaired) electrons. The highest BCUT2D eigenvalue weighted by atomic mass is 32.1. The number of fused-ring (bicyclic) bond motifs is 3. The number of hydrogen-bond donors (Lipinski definition) is 0. The van der Waals surface area contributed by atoms with Crippen molar-refractivity contribution in [3.8, 4) is 10.4 Å². The van der Waals surface area contributed by atoms with Crippen molar-refractivity contribution in [2.45, 2.75) is 0 Å². The zero-order valence-corrected chi connectivity index (χ0v) is 13.6. The first kappa shape index (κ1) is 14.7. The van der Waals surface area contributed by atoms with Crippen LogP contribution >= 0.6 is 11.3 Å². The maximum atomic E-state index is 12.2. The summed E-state index contributed by atoms with van der Waals surface area (Å²) < 4.78 is 11.0. The fraction of sp³-hybridized carbons (Fsp3) is 0.0526. The van der Waals surface area contributed by atoms with Crippen LogP contribution < -0.4 is 5.63 Å². The van der Waals surface area contributed by atoms with E-state index in [1.807, 2.05) is 36.4 Å². The number of para-hydroxylation sites is 1. The summed E-state index contributed by atoms with van der Waals surface area (Å²) in [6, 6.07) is 16.5. The molecule has 4 aromatic rings. The lowest BCUT2D eigenvalue weighted by Gasteiger charge is -2.00. The minimum Gasteiger partial charge on any atom is -0.465 e. The molecule has 0 aliphatic carbocycles. The van der Waals surface area contributed by atoms with E-state index in [1.54, 1.807) is 18.2 Å². The standard InChI is InChI=1S/C19H12O4S/c1-22-18(20)12-8-6-11(7-9-12)16-10-14-17(24-16)13-4-2-3-5-15(13)23-19(14)21/h2-10H,1H3. The van der Waals surface area contributed by atoms with E-state index in [0.717, 1.165) is 20.5 Å². The summed E-state index contributed by atoms with van der Waals surface area (Å²) in [4.78, 5) is 24.7. The summed E-state index contributed by atoms with van der Waals surface area (Å²) in [5.74, 6) is -0.371. The molecular weight excluding hydrogens is 324 g/mol. The molecule has 2 heterocycles. The number of ether oxygens (including phenoxy) is 1. The van der Waals surface area contributed by atoms with Crippen LogP contribution in [0.5, 0.6) is 0 Å². The van der Waals surface area contributed by atoms with Crippen molar-refractivity contribution in [3.05, 3.63) is 70.6 Å². The Morgan fingerprint density at radius 1 is 1.04 bits per heavy atom. The Bertz CT molecular complexity index is 1120. The van der Waals surface area contributed by atoms with E-state index in [4.69, 9.17) is 9.15 Å². The largest absolute Gasteiger partial charge is 0.465 e. The third-order valence-corrected chi connectivity index (χ3v) is 5.09. The first-order valence-electron chi connectivity index (χ1n) is 7.31. The second kappa shape index (κ2) is 5.62. The molecule has 0 saturated carbocycles. The van der Waals surface area contributed by atoms with Crippen molar-refractivity contribution in [2.24, 2.45) is 0 Å². The van der Waals surface area contributed by atoms with E-state index < -0.39 is 0 Å². The van der Waals surface area contributed by atoms with Gasteiger partial charge in [0.1, 0.15) is 5.58 Å². The van der Waals surface area contributed by atoms with Crippen LogP contribution in [0.3, 0.4) is 0 Å². The van der Waals surface area contributed by atoms with E-state index in [1.165, 1.54) is 18.4 Å². The predicted octanol–water partition coefficient (Wildman–Crippen LogP) is 4.46. The fourth-order valence-corrected chi connectivity index (χ4v) is 3.85. The maximum Gasteiger partial charge on any atom is 0.345 e. The lowest BCUT2D eigenvalue weighted by Crippen LogP contribution is -2.00. The Morgan fingerprint density at radius 2 is 1.79 bits per heavy atom. The molecule has 5 heteroatoms. The van der Waals surface area contributed by atoms with Gasteiger partial charge in [-0.2, -0.15) is 0 Å². The summed E-state index contributed by atoms with van der Waals surface area (Å²) >= 11 is 1.54. The lowest BCUT2D eigenvalue weighted by atomic mass is 10.1. The monoisotopic (exact) mass is 336 g/mol. The Hall–Kier alpha value is -2.92. The van der Waals surface area contributed by atoms with Crippen LogP contribution in [0, 0.1) is 0 Å².